The van der Waals surface area contributed by atoms with Crippen LogP contribution in [0.15, 0.2) is 18.2 Å². The highest BCUT2D eigenvalue weighted by molar-refractivity contribution is 5.78. The van der Waals surface area contributed by atoms with Crippen LogP contribution in [0.2, 0.25) is 0 Å². The highest BCUT2D eigenvalue weighted by Crippen LogP contribution is 2.20. The van der Waals surface area contributed by atoms with Crippen LogP contribution >= 0.6 is 0 Å². The molecular weight excluding hydrogens is 238 g/mol. The average molecular weight is 254 g/mol. The first-order chi connectivity index (χ1) is 8.60. The topological polar surface area (TPSA) is 32.3 Å². The van der Waals surface area contributed by atoms with Crippen molar-refractivity contribution in [2.75, 3.05) is 20.1 Å². The summed E-state index contributed by atoms with van der Waals surface area (Å²) in [4.78, 5) is 13.5. The summed E-state index contributed by atoms with van der Waals surface area (Å²) in [5.74, 6) is -1.10. The molecule has 2 rings (SSSR count). The van der Waals surface area contributed by atoms with E-state index in [2.05, 4.69) is 5.32 Å². The Morgan fingerprint density at radius 2 is 2.28 bits per heavy atom. The van der Waals surface area contributed by atoms with Gasteiger partial charge in [0.1, 0.15) is 11.6 Å². The summed E-state index contributed by atoms with van der Waals surface area (Å²) in [6.07, 6.45) is 0.780. The predicted octanol–water partition coefficient (Wildman–Crippen LogP) is 1.53. The smallest absolute Gasteiger partial charge is 0.224 e. The van der Waals surface area contributed by atoms with Gasteiger partial charge in [-0.25, -0.2) is 8.78 Å². The Morgan fingerprint density at radius 3 is 2.94 bits per heavy atom. The second-order valence-electron chi connectivity index (χ2n) is 4.57. The first kappa shape index (κ1) is 13.0. The molecule has 0 saturated carbocycles. The van der Waals surface area contributed by atoms with Crippen molar-refractivity contribution in [3.8, 4) is 0 Å². The number of hydrogen-bond donors (Lipinski definition) is 1. The molecule has 1 N–H and O–H groups in total. The van der Waals surface area contributed by atoms with E-state index in [1.54, 1.807) is 7.05 Å². The third kappa shape index (κ3) is 2.85. The first-order valence-corrected chi connectivity index (χ1v) is 5.98. The molecule has 0 aliphatic carbocycles. The van der Waals surface area contributed by atoms with Gasteiger partial charge in [0.25, 0.3) is 0 Å². The third-order valence-corrected chi connectivity index (χ3v) is 3.30. The van der Waals surface area contributed by atoms with Crippen LogP contribution in [0.25, 0.3) is 0 Å². The molecule has 0 aromatic heterocycles. The summed E-state index contributed by atoms with van der Waals surface area (Å²) in [6.45, 7) is 1.80. The lowest BCUT2D eigenvalue weighted by atomic mass is 10.1. The van der Waals surface area contributed by atoms with Crippen molar-refractivity contribution in [1.29, 1.82) is 0 Å². The monoisotopic (exact) mass is 254 g/mol. The summed E-state index contributed by atoms with van der Waals surface area (Å²) in [6, 6.07) is 3.60. The summed E-state index contributed by atoms with van der Waals surface area (Å²) in [5.41, 5.74) is 0.467. The van der Waals surface area contributed by atoms with Gasteiger partial charge < -0.3 is 5.32 Å². The molecule has 1 heterocycles. The van der Waals surface area contributed by atoms with Crippen LogP contribution in [0.3, 0.4) is 0 Å². The second-order valence-corrected chi connectivity index (χ2v) is 4.57. The number of hydrogen-bond acceptors (Lipinski definition) is 2. The largest absolute Gasteiger partial charge is 0.359 e. The number of nitrogens with one attached hydrogen (secondary N) is 1. The van der Waals surface area contributed by atoms with Gasteiger partial charge in [-0.1, -0.05) is 6.07 Å². The van der Waals surface area contributed by atoms with Crippen LogP contribution in [0.4, 0.5) is 8.78 Å². The zero-order valence-corrected chi connectivity index (χ0v) is 10.2. The number of halogens is 2. The Hall–Kier alpha value is -1.49. The molecule has 1 aromatic rings. The Balaban J connectivity index is 1.97. The SMILES string of the molecule is CNC(=O)C1CCN(Cc2ccc(F)cc2F)C1. The van der Waals surface area contributed by atoms with E-state index in [0.29, 0.717) is 18.7 Å². The van der Waals surface area contributed by atoms with Gasteiger partial charge in [-0.3, -0.25) is 9.69 Å². The fourth-order valence-electron chi connectivity index (χ4n) is 2.29. The molecule has 1 atom stereocenters. The van der Waals surface area contributed by atoms with Gasteiger partial charge >= 0.3 is 0 Å². The van der Waals surface area contributed by atoms with Gasteiger partial charge in [0.2, 0.25) is 5.91 Å². The van der Waals surface area contributed by atoms with Crippen LogP contribution in [-0.4, -0.2) is 30.9 Å². The lowest BCUT2D eigenvalue weighted by Crippen LogP contribution is -2.30. The second kappa shape index (κ2) is 5.44. The standard InChI is InChI=1S/C13H16F2N2O/c1-16-13(18)10-4-5-17(8-10)7-9-2-3-11(14)6-12(9)15/h2-3,6,10H,4-5,7-8H2,1H3,(H,16,18). The molecule has 0 radical (unpaired) electrons. The molecule has 1 saturated heterocycles. The first-order valence-electron chi connectivity index (χ1n) is 5.98. The van der Waals surface area contributed by atoms with Gasteiger partial charge in [0, 0.05) is 31.8 Å². The van der Waals surface area contributed by atoms with Gasteiger partial charge in [0.15, 0.2) is 0 Å². The third-order valence-electron chi connectivity index (χ3n) is 3.30. The van der Waals surface area contributed by atoms with Gasteiger partial charge in [-0.2, -0.15) is 0 Å². The minimum absolute atomic E-state index is 0.0251. The molecule has 1 unspecified atom stereocenters. The predicted molar refractivity (Wildman–Crippen MR) is 63.8 cm³/mol. The van der Waals surface area contributed by atoms with Crippen molar-refractivity contribution in [3.63, 3.8) is 0 Å². The fraction of sp³-hybridized carbons (Fsp3) is 0.462. The Kier molecular flexibility index (Phi) is 3.91. The zero-order valence-electron chi connectivity index (χ0n) is 10.2. The van der Waals surface area contributed by atoms with Crippen molar-refractivity contribution in [2.45, 2.75) is 13.0 Å². The van der Waals surface area contributed by atoms with E-state index in [1.165, 1.54) is 12.1 Å². The van der Waals surface area contributed by atoms with Crippen molar-refractivity contribution in [3.05, 3.63) is 35.4 Å². The Bertz CT molecular complexity index is 451. The van der Waals surface area contributed by atoms with Crippen LogP contribution in [0.1, 0.15) is 12.0 Å². The van der Waals surface area contributed by atoms with E-state index in [0.717, 1.165) is 19.0 Å². The molecule has 1 amide bonds. The summed E-state index contributed by atoms with van der Waals surface area (Å²) >= 11 is 0. The molecule has 1 aliphatic heterocycles. The van der Waals surface area contributed by atoms with Crippen molar-refractivity contribution in [2.24, 2.45) is 5.92 Å². The van der Waals surface area contributed by atoms with Gasteiger partial charge in [-0.15, -0.1) is 0 Å². The van der Waals surface area contributed by atoms with Crippen molar-refractivity contribution in [1.82, 2.24) is 10.2 Å². The lowest BCUT2D eigenvalue weighted by Gasteiger charge is -2.16. The van der Waals surface area contributed by atoms with E-state index in [4.69, 9.17) is 0 Å². The Morgan fingerprint density at radius 1 is 1.50 bits per heavy atom. The van der Waals surface area contributed by atoms with E-state index >= 15 is 0 Å². The molecule has 18 heavy (non-hydrogen) atoms. The van der Waals surface area contributed by atoms with Crippen LogP contribution in [-0.2, 0) is 11.3 Å². The quantitative estimate of drug-likeness (QED) is 0.887. The molecule has 1 aromatic carbocycles. The zero-order chi connectivity index (χ0) is 13.1. The number of nitrogens with zero attached hydrogens (tertiary/aromatic N) is 1. The summed E-state index contributed by atoms with van der Waals surface area (Å²) in [5, 5.41) is 2.62. The maximum Gasteiger partial charge on any atom is 0.224 e. The van der Waals surface area contributed by atoms with Crippen molar-refractivity contribution >= 4 is 5.91 Å². The van der Waals surface area contributed by atoms with Crippen molar-refractivity contribution < 1.29 is 13.6 Å². The normalized spacial score (nSPS) is 20.1. The molecular formula is C13H16F2N2O. The van der Waals surface area contributed by atoms with Gasteiger partial charge in [-0.05, 0) is 19.0 Å². The van der Waals surface area contributed by atoms with Crippen LogP contribution in [0.5, 0.6) is 0 Å². The van der Waals surface area contributed by atoms with Crippen LogP contribution < -0.4 is 5.32 Å². The molecule has 1 fully saturated rings. The molecule has 3 nitrogen and oxygen atoms in total. The Labute approximate surface area is 105 Å². The maximum absolute atomic E-state index is 13.5. The molecule has 98 valence electrons. The number of likely N-dealkylation sites (tertiary alicyclic amines) is 1. The van der Waals surface area contributed by atoms with Gasteiger partial charge in [0.05, 0.1) is 5.92 Å². The summed E-state index contributed by atoms with van der Waals surface area (Å²) < 4.78 is 26.2. The number of amides is 1. The summed E-state index contributed by atoms with van der Waals surface area (Å²) in [7, 11) is 1.62. The number of carbonyl (C=O) groups is 1. The lowest BCUT2D eigenvalue weighted by molar-refractivity contribution is -0.124. The minimum Gasteiger partial charge on any atom is -0.359 e. The molecule has 5 heteroatoms. The fourth-order valence-corrected chi connectivity index (χ4v) is 2.29. The number of carbonyl (C=O) groups excluding carboxylic acids is 1. The number of benzene rings is 1. The maximum atomic E-state index is 13.5. The highest BCUT2D eigenvalue weighted by atomic mass is 19.1. The highest BCUT2D eigenvalue weighted by Gasteiger charge is 2.27. The molecule has 0 spiro atoms. The number of rotatable bonds is 3. The molecule has 0 bridgehead atoms. The minimum atomic E-state index is -0.569. The van der Waals surface area contributed by atoms with E-state index < -0.39 is 11.6 Å². The molecule has 1 aliphatic rings. The average Bonchev–Trinajstić information content (AvgIpc) is 2.80. The van der Waals surface area contributed by atoms with E-state index in [1.807, 2.05) is 4.90 Å². The van der Waals surface area contributed by atoms with E-state index in [-0.39, 0.29) is 11.8 Å². The van der Waals surface area contributed by atoms with Crippen LogP contribution in [0, 0.1) is 17.6 Å². The van der Waals surface area contributed by atoms with E-state index in [9.17, 15) is 13.6 Å².